The molecule has 0 aromatic carbocycles. The van der Waals surface area contributed by atoms with Gasteiger partial charge in [-0.25, -0.2) is 8.78 Å². The number of fused-ring (bicyclic) bond motifs is 1. The molecule has 0 radical (unpaired) electrons. The van der Waals surface area contributed by atoms with Crippen LogP contribution in [0.25, 0.3) is 0 Å². The van der Waals surface area contributed by atoms with E-state index in [0.29, 0.717) is 22.4 Å². The molecular formula is C20H25F2N5O4. The lowest BCUT2D eigenvalue weighted by atomic mass is 10.1. The van der Waals surface area contributed by atoms with Gasteiger partial charge in [0.15, 0.2) is 6.61 Å². The molecule has 1 atom stereocenters. The first-order valence-corrected chi connectivity index (χ1v) is 9.75. The number of ether oxygens (including phenoxy) is 1. The van der Waals surface area contributed by atoms with Gasteiger partial charge in [0.25, 0.3) is 17.7 Å². The van der Waals surface area contributed by atoms with Crippen LogP contribution in [0.15, 0.2) is 35.5 Å². The first kappa shape index (κ1) is 22.5. The molecule has 0 bridgehead atoms. The van der Waals surface area contributed by atoms with Crippen LogP contribution in [0.2, 0.25) is 0 Å². The maximum atomic E-state index is 13.0. The highest BCUT2D eigenvalue weighted by molar-refractivity contribution is 6.03. The molecule has 3 heterocycles. The van der Waals surface area contributed by atoms with E-state index in [2.05, 4.69) is 21.2 Å². The van der Waals surface area contributed by atoms with Crippen LogP contribution < -0.4 is 16.2 Å². The molecule has 2 aliphatic heterocycles. The number of alkyl halides is 2. The number of aliphatic hydroxyl groups is 1. The zero-order valence-electron chi connectivity index (χ0n) is 17.5. The van der Waals surface area contributed by atoms with Gasteiger partial charge < -0.3 is 25.5 Å². The number of allylic oxidation sites excluding steroid dienone is 2. The first-order chi connectivity index (χ1) is 14.6. The van der Waals surface area contributed by atoms with Crippen LogP contribution in [0, 0.1) is 0 Å². The Balaban J connectivity index is 1.77. The lowest BCUT2D eigenvalue weighted by Gasteiger charge is -2.31. The van der Waals surface area contributed by atoms with E-state index in [4.69, 9.17) is 9.84 Å². The molecule has 0 aliphatic carbocycles. The summed E-state index contributed by atoms with van der Waals surface area (Å²) in [6.07, 6.45) is 3.12. The summed E-state index contributed by atoms with van der Waals surface area (Å²) in [7, 11) is 0. The van der Waals surface area contributed by atoms with Gasteiger partial charge in [-0.1, -0.05) is 0 Å². The van der Waals surface area contributed by atoms with Crippen LogP contribution in [0.5, 0.6) is 0 Å². The van der Waals surface area contributed by atoms with Gasteiger partial charge in [0, 0.05) is 42.9 Å². The number of amides is 2. The van der Waals surface area contributed by atoms with E-state index in [1.165, 1.54) is 6.20 Å². The fourth-order valence-electron chi connectivity index (χ4n) is 3.32. The molecule has 9 nitrogen and oxygen atoms in total. The fourth-order valence-corrected chi connectivity index (χ4v) is 3.32. The Hall–Kier alpha value is -3.21. The summed E-state index contributed by atoms with van der Waals surface area (Å²) in [6.45, 7) is 3.58. The number of nitrogens with one attached hydrogen (secondary N) is 3. The zero-order chi connectivity index (χ0) is 22.8. The minimum atomic E-state index is -2.96. The number of carbonyl (C=O) groups is 2. The number of pyridine rings is 1. The normalized spacial score (nSPS) is 16.9. The Morgan fingerprint density at radius 1 is 1.45 bits per heavy atom. The molecule has 1 aromatic rings. The minimum absolute atomic E-state index is 0.0840. The maximum Gasteiger partial charge on any atom is 0.278 e. The Morgan fingerprint density at radius 3 is 2.84 bits per heavy atom. The summed E-state index contributed by atoms with van der Waals surface area (Å²) in [5, 5.41) is 11.4. The summed E-state index contributed by atoms with van der Waals surface area (Å²) in [4.78, 5) is 31.0. The van der Waals surface area contributed by atoms with Gasteiger partial charge in [-0.15, -0.1) is 0 Å². The summed E-state index contributed by atoms with van der Waals surface area (Å²) in [5.74, 6) is -3.49. The molecule has 0 saturated carbocycles. The summed E-state index contributed by atoms with van der Waals surface area (Å²) in [5.41, 5.74) is 7.92. The second-order valence-electron chi connectivity index (χ2n) is 7.49. The van der Waals surface area contributed by atoms with Gasteiger partial charge in [-0.2, -0.15) is 0 Å². The molecule has 2 amide bonds. The van der Waals surface area contributed by atoms with Crippen molar-refractivity contribution in [3.8, 4) is 0 Å². The molecule has 0 fully saturated rings. The number of aliphatic hydroxyl groups excluding tert-OH is 1. The van der Waals surface area contributed by atoms with E-state index >= 15 is 0 Å². The second kappa shape index (κ2) is 8.88. The van der Waals surface area contributed by atoms with Crippen molar-refractivity contribution in [2.75, 3.05) is 19.8 Å². The number of hydrazine groups is 1. The molecule has 1 unspecified atom stereocenters. The number of aromatic nitrogens is 1. The Labute approximate surface area is 178 Å². The number of rotatable bonds is 8. The standard InChI is InChI=1S/C20H25F2N5O4/c1-11-8-15(25-26-18(11)31-10-20(3,21)22)12(2)27-9-14-13(19(27)30)4-5-23-16(14)17(29)24-6-7-28/h4-5,8,12,25-26,28H,6-7,9-10H2,1-3H3,(H,24,29). The van der Waals surface area contributed by atoms with Crippen molar-refractivity contribution in [3.05, 3.63) is 52.3 Å². The predicted octanol–water partition coefficient (Wildman–Crippen LogP) is 1.04. The van der Waals surface area contributed by atoms with Gasteiger partial charge >= 0.3 is 0 Å². The quantitative estimate of drug-likeness (QED) is 0.480. The number of hydrogen-bond donors (Lipinski definition) is 4. The van der Waals surface area contributed by atoms with E-state index in [1.807, 2.05) is 6.92 Å². The first-order valence-electron chi connectivity index (χ1n) is 9.75. The number of halogens is 2. The predicted molar refractivity (Wildman–Crippen MR) is 107 cm³/mol. The van der Waals surface area contributed by atoms with Crippen molar-refractivity contribution in [2.45, 2.75) is 39.3 Å². The Morgan fingerprint density at radius 2 is 2.19 bits per heavy atom. The largest absolute Gasteiger partial charge is 0.471 e. The molecule has 3 rings (SSSR count). The van der Waals surface area contributed by atoms with Crippen LogP contribution in [0.3, 0.4) is 0 Å². The highest BCUT2D eigenvalue weighted by Crippen LogP contribution is 2.29. The van der Waals surface area contributed by atoms with E-state index in [1.54, 1.807) is 24.0 Å². The Bertz CT molecular complexity index is 942. The SMILES string of the molecule is CC1=C(OCC(C)(F)F)NNC(C(C)N2Cc3c(ccnc3C(=O)NCCO)C2=O)=C1. The number of hydrogen-bond acceptors (Lipinski definition) is 7. The van der Waals surface area contributed by atoms with Crippen LogP contribution in [-0.4, -0.2) is 58.5 Å². The smallest absolute Gasteiger partial charge is 0.278 e. The van der Waals surface area contributed by atoms with Crippen molar-refractivity contribution >= 4 is 11.8 Å². The van der Waals surface area contributed by atoms with Crippen molar-refractivity contribution in [1.29, 1.82) is 0 Å². The minimum Gasteiger partial charge on any atom is -0.471 e. The molecule has 0 saturated heterocycles. The van der Waals surface area contributed by atoms with Crippen molar-refractivity contribution in [3.63, 3.8) is 0 Å². The lowest BCUT2D eigenvalue weighted by molar-refractivity contribution is -0.0484. The number of nitrogens with zero attached hydrogens (tertiary/aromatic N) is 2. The van der Waals surface area contributed by atoms with Crippen LogP contribution in [0.1, 0.15) is 47.2 Å². The Kier molecular flexibility index (Phi) is 6.44. The van der Waals surface area contributed by atoms with Gasteiger partial charge in [-0.3, -0.25) is 20.0 Å². The lowest BCUT2D eigenvalue weighted by Crippen LogP contribution is -2.45. The molecule has 0 spiro atoms. The monoisotopic (exact) mass is 437 g/mol. The topological polar surface area (TPSA) is 116 Å². The van der Waals surface area contributed by atoms with E-state index in [9.17, 15) is 18.4 Å². The average molecular weight is 437 g/mol. The molecule has 2 aliphatic rings. The van der Waals surface area contributed by atoms with Gasteiger partial charge in [0.05, 0.1) is 18.3 Å². The highest BCUT2D eigenvalue weighted by atomic mass is 19.3. The van der Waals surface area contributed by atoms with Gasteiger partial charge in [0.2, 0.25) is 5.88 Å². The van der Waals surface area contributed by atoms with Gasteiger partial charge in [0.1, 0.15) is 5.69 Å². The van der Waals surface area contributed by atoms with Crippen molar-refractivity contribution in [1.82, 2.24) is 26.1 Å². The third-order valence-corrected chi connectivity index (χ3v) is 4.93. The third-order valence-electron chi connectivity index (χ3n) is 4.93. The van der Waals surface area contributed by atoms with Crippen LogP contribution in [0.4, 0.5) is 8.78 Å². The molecule has 4 N–H and O–H groups in total. The molecule has 168 valence electrons. The molecule has 31 heavy (non-hydrogen) atoms. The van der Waals surface area contributed by atoms with Crippen LogP contribution >= 0.6 is 0 Å². The average Bonchev–Trinajstić information content (AvgIpc) is 3.06. The summed E-state index contributed by atoms with van der Waals surface area (Å²) in [6, 6.07) is 1.15. The molecule has 1 aromatic heterocycles. The highest BCUT2D eigenvalue weighted by Gasteiger charge is 2.36. The number of carbonyl (C=O) groups excluding carboxylic acids is 2. The third kappa shape index (κ3) is 4.93. The summed E-state index contributed by atoms with van der Waals surface area (Å²) < 4.78 is 31.2. The zero-order valence-corrected chi connectivity index (χ0v) is 17.5. The molecular weight excluding hydrogens is 412 g/mol. The van der Waals surface area contributed by atoms with Crippen molar-refractivity contribution < 1.29 is 28.2 Å². The summed E-state index contributed by atoms with van der Waals surface area (Å²) >= 11 is 0. The van der Waals surface area contributed by atoms with Gasteiger partial charge in [-0.05, 0) is 26.0 Å². The molecule has 11 heteroatoms. The van der Waals surface area contributed by atoms with Crippen LogP contribution in [-0.2, 0) is 11.3 Å². The maximum absolute atomic E-state index is 13.0. The van der Waals surface area contributed by atoms with E-state index in [0.717, 1.165) is 6.92 Å². The second-order valence-corrected chi connectivity index (χ2v) is 7.49. The van der Waals surface area contributed by atoms with E-state index < -0.39 is 24.5 Å². The fraction of sp³-hybridized carbons (Fsp3) is 0.450. The van der Waals surface area contributed by atoms with Crippen molar-refractivity contribution in [2.24, 2.45) is 0 Å². The van der Waals surface area contributed by atoms with E-state index in [-0.39, 0.29) is 37.2 Å².